The number of amides is 3. The van der Waals surface area contributed by atoms with Crippen LogP contribution in [0, 0.1) is 0 Å². The SMILES string of the molecule is CC(CN1CCCC1)NC(=O)NC(=O)COCC(=O)O. The van der Waals surface area contributed by atoms with E-state index >= 15 is 0 Å². The summed E-state index contributed by atoms with van der Waals surface area (Å²) in [6, 6.07) is -0.665. The molecule has 8 nitrogen and oxygen atoms in total. The number of hydrogen-bond acceptors (Lipinski definition) is 5. The standard InChI is InChI=1S/C12H21N3O5/c1-9(6-15-4-2-3-5-15)13-12(19)14-10(16)7-20-8-11(17)18/h9H,2-8H2,1H3,(H,17,18)(H2,13,14,16,19). The molecule has 1 saturated heterocycles. The molecule has 1 unspecified atom stereocenters. The highest BCUT2D eigenvalue weighted by atomic mass is 16.5. The first-order valence-electron chi connectivity index (χ1n) is 6.59. The molecule has 8 heteroatoms. The van der Waals surface area contributed by atoms with E-state index in [1.54, 1.807) is 0 Å². The van der Waals surface area contributed by atoms with Crippen molar-refractivity contribution in [3.05, 3.63) is 0 Å². The van der Waals surface area contributed by atoms with Gasteiger partial charge in [0, 0.05) is 12.6 Å². The third-order valence-electron chi connectivity index (χ3n) is 2.82. The van der Waals surface area contributed by atoms with Gasteiger partial charge in [0.25, 0.3) is 5.91 Å². The first-order chi connectivity index (χ1) is 9.47. The number of ether oxygens (including phenoxy) is 1. The summed E-state index contributed by atoms with van der Waals surface area (Å²) in [4.78, 5) is 35.2. The van der Waals surface area contributed by atoms with Crippen molar-refractivity contribution in [2.75, 3.05) is 32.8 Å². The maximum absolute atomic E-state index is 11.5. The number of imide groups is 1. The van der Waals surface area contributed by atoms with E-state index in [1.165, 1.54) is 12.8 Å². The van der Waals surface area contributed by atoms with E-state index in [4.69, 9.17) is 5.11 Å². The fourth-order valence-corrected chi connectivity index (χ4v) is 2.05. The zero-order chi connectivity index (χ0) is 15.0. The largest absolute Gasteiger partial charge is 0.480 e. The number of urea groups is 1. The van der Waals surface area contributed by atoms with Gasteiger partial charge in [0.05, 0.1) is 0 Å². The lowest BCUT2D eigenvalue weighted by atomic mass is 10.3. The second-order valence-electron chi connectivity index (χ2n) is 4.82. The predicted molar refractivity (Wildman–Crippen MR) is 70.3 cm³/mol. The lowest BCUT2D eigenvalue weighted by Gasteiger charge is -2.21. The van der Waals surface area contributed by atoms with E-state index in [0.29, 0.717) is 0 Å². The second-order valence-corrected chi connectivity index (χ2v) is 4.82. The minimum absolute atomic E-state index is 0.0687. The van der Waals surface area contributed by atoms with Crippen LogP contribution in [0.2, 0.25) is 0 Å². The molecule has 0 saturated carbocycles. The molecule has 0 aromatic carbocycles. The van der Waals surface area contributed by atoms with Gasteiger partial charge in [-0.2, -0.15) is 0 Å². The Bertz CT molecular complexity index is 355. The van der Waals surface area contributed by atoms with Gasteiger partial charge >= 0.3 is 12.0 Å². The van der Waals surface area contributed by atoms with Gasteiger partial charge in [-0.3, -0.25) is 10.1 Å². The van der Waals surface area contributed by atoms with Crippen molar-refractivity contribution >= 4 is 17.9 Å². The molecule has 3 amide bonds. The van der Waals surface area contributed by atoms with Crippen molar-refractivity contribution in [1.82, 2.24) is 15.5 Å². The number of rotatable bonds is 7. The average molecular weight is 287 g/mol. The van der Waals surface area contributed by atoms with Gasteiger partial charge in [-0.05, 0) is 32.9 Å². The summed E-state index contributed by atoms with van der Waals surface area (Å²) < 4.78 is 4.57. The van der Waals surface area contributed by atoms with Crippen LogP contribution in [0.1, 0.15) is 19.8 Å². The first kappa shape index (κ1) is 16.4. The van der Waals surface area contributed by atoms with Crippen LogP contribution in [-0.2, 0) is 14.3 Å². The lowest BCUT2D eigenvalue weighted by Crippen LogP contribution is -2.48. The molecular weight excluding hydrogens is 266 g/mol. The highest BCUT2D eigenvalue weighted by Crippen LogP contribution is 2.07. The van der Waals surface area contributed by atoms with Crippen LogP contribution in [0.25, 0.3) is 0 Å². The van der Waals surface area contributed by atoms with Crippen molar-refractivity contribution in [3.8, 4) is 0 Å². The molecule has 1 rings (SSSR count). The van der Waals surface area contributed by atoms with Crippen LogP contribution in [-0.4, -0.2) is 66.8 Å². The van der Waals surface area contributed by atoms with E-state index in [-0.39, 0.29) is 6.04 Å². The predicted octanol–water partition coefficient (Wildman–Crippen LogP) is -0.602. The molecule has 114 valence electrons. The highest BCUT2D eigenvalue weighted by Gasteiger charge is 2.16. The summed E-state index contributed by atoms with van der Waals surface area (Å²) in [5.41, 5.74) is 0. The molecule has 3 N–H and O–H groups in total. The molecule has 1 aliphatic rings. The van der Waals surface area contributed by atoms with E-state index in [0.717, 1.165) is 19.6 Å². The van der Waals surface area contributed by atoms with Crippen molar-refractivity contribution in [1.29, 1.82) is 0 Å². The zero-order valence-corrected chi connectivity index (χ0v) is 11.6. The highest BCUT2D eigenvalue weighted by molar-refractivity contribution is 5.95. The molecule has 1 atom stereocenters. The van der Waals surface area contributed by atoms with Gasteiger partial charge < -0.3 is 20.1 Å². The van der Waals surface area contributed by atoms with Gasteiger partial charge in [-0.1, -0.05) is 0 Å². The third-order valence-corrected chi connectivity index (χ3v) is 2.82. The summed E-state index contributed by atoms with van der Waals surface area (Å²) in [6.07, 6.45) is 2.36. The maximum Gasteiger partial charge on any atom is 0.329 e. The van der Waals surface area contributed by atoms with Crippen molar-refractivity contribution in [2.45, 2.75) is 25.8 Å². The molecule has 0 aliphatic carbocycles. The smallest absolute Gasteiger partial charge is 0.329 e. The van der Waals surface area contributed by atoms with Crippen molar-refractivity contribution in [3.63, 3.8) is 0 Å². The van der Waals surface area contributed by atoms with Crippen molar-refractivity contribution < 1.29 is 24.2 Å². The first-order valence-corrected chi connectivity index (χ1v) is 6.59. The van der Waals surface area contributed by atoms with Gasteiger partial charge in [0.2, 0.25) is 0 Å². The normalized spacial score (nSPS) is 16.6. The zero-order valence-electron chi connectivity index (χ0n) is 11.6. The summed E-state index contributed by atoms with van der Waals surface area (Å²) in [5.74, 6) is -1.83. The molecule has 0 aromatic heterocycles. The Balaban J connectivity index is 2.14. The van der Waals surface area contributed by atoms with Crippen LogP contribution in [0.15, 0.2) is 0 Å². The van der Waals surface area contributed by atoms with E-state index in [1.807, 2.05) is 6.92 Å². The number of carboxylic acid groups (broad SMARTS) is 1. The Kier molecular flexibility index (Phi) is 6.96. The van der Waals surface area contributed by atoms with E-state index in [9.17, 15) is 14.4 Å². The molecular formula is C12H21N3O5. The average Bonchev–Trinajstić information content (AvgIpc) is 2.80. The third kappa shape index (κ3) is 7.05. The number of nitrogens with one attached hydrogen (secondary N) is 2. The van der Waals surface area contributed by atoms with Gasteiger partial charge in [-0.15, -0.1) is 0 Å². The van der Waals surface area contributed by atoms with Crippen LogP contribution in [0.3, 0.4) is 0 Å². The topological polar surface area (TPSA) is 108 Å². The molecule has 1 fully saturated rings. The van der Waals surface area contributed by atoms with Gasteiger partial charge in [0.1, 0.15) is 13.2 Å². The summed E-state index contributed by atoms with van der Waals surface area (Å²) in [6.45, 7) is 3.66. The number of carboxylic acids is 1. The maximum atomic E-state index is 11.5. The number of likely N-dealkylation sites (tertiary alicyclic amines) is 1. The van der Waals surface area contributed by atoms with Gasteiger partial charge in [0.15, 0.2) is 0 Å². The summed E-state index contributed by atoms with van der Waals surface area (Å²) in [5, 5.41) is 13.1. The summed E-state index contributed by atoms with van der Waals surface area (Å²) >= 11 is 0. The summed E-state index contributed by atoms with van der Waals surface area (Å²) in [7, 11) is 0. The number of carbonyl (C=O) groups is 3. The molecule has 20 heavy (non-hydrogen) atoms. The fourth-order valence-electron chi connectivity index (χ4n) is 2.05. The van der Waals surface area contributed by atoms with E-state index in [2.05, 4.69) is 20.3 Å². The lowest BCUT2D eigenvalue weighted by molar-refractivity contribution is -0.143. The van der Waals surface area contributed by atoms with Gasteiger partial charge in [-0.25, -0.2) is 9.59 Å². The minimum Gasteiger partial charge on any atom is -0.480 e. The molecule has 1 heterocycles. The number of hydrogen-bond donors (Lipinski definition) is 3. The Morgan fingerprint density at radius 1 is 1.25 bits per heavy atom. The molecule has 0 radical (unpaired) electrons. The number of aliphatic carboxylic acids is 1. The van der Waals surface area contributed by atoms with Crippen LogP contribution < -0.4 is 10.6 Å². The van der Waals surface area contributed by atoms with Crippen LogP contribution in [0.4, 0.5) is 4.79 Å². The monoisotopic (exact) mass is 287 g/mol. The quantitative estimate of drug-likeness (QED) is 0.577. The van der Waals surface area contributed by atoms with Crippen LogP contribution in [0.5, 0.6) is 0 Å². The van der Waals surface area contributed by atoms with Crippen molar-refractivity contribution in [2.24, 2.45) is 0 Å². The second kappa shape index (κ2) is 8.49. The molecule has 1 aliphatic heterocycles. The van der Waals surface area contributed by atoms with E-state index < -0.39 is 31.1 Å². The Morgan fingerprint density at radius 2 is 1.90 bits per heavy atom. The van der Waals surface area contributed by atoms with Crippen LogP contribution >= 0.6 is 0 Å². The Hall–Kier alpha value is -1.67. The molecule has 0 bridgehead atoms. The number of nitrogens with zero attached hydrogens (tertiary/aromatic N) is 1. The molecule has 0 spiro atoms. The number of carbonyl (C=O) groups excluding carboxylic acids is 2. The minimum atomic E-state index is -1.17. The Morgan fingerprint density at radius 3 is 2.50 bits per heavy atom. The Labute approximate surface area is 117 Å². The molecule has 0 aromatic rings. The fraction of sp³-hybridized carbons (Fsp3) is 0.750.